The standard InChI is InChI=1S/C15H19N3O3/c1-21-12-5-2-4-11(8-12)9-18-13(19)15(17-14(18)20)6-3-7-16-10-15/h2,4-5,8,16H,3,6-7,9-10H2,1H3,(H,17,20). The maximum Gasteiger partial charge on any atom is 0.325 e. The number of methoxy groups -OCH3 is 1. The number of hydrogen-bond acceptors (Lipinski definition) is 4. The van der Waals surface area contributed by atoms with Crippen LogP contribution < -0.4 is 15.4 Å². The Balaban J connectivity index is 1.79. The molecule has 0 aliphatic carbocycles. The second kappa shape index (κ2) is 5.37. The van der Waals surface area contributed by atoms with Crippen LogP contribution in [0.15, 0.2) is 24.3 Å². The normalized spacial score (nSPS) is 25.3. The summed E-state index contributed by atoms with van der Waals surface area (Å²) >= 11 is 0. The van der Waals surface area contributed by atoms with Crippen molar-refractivity contribution in [1.82, 2.24) is 15.5 Å². The van der Waals surface area contributed by atoms with Crippen LogP contribution in [0.25, 0.3) is 0 Å². The number of nitrogens with one attached hydrogen (secondary N) is 2. The lowest BCUT2D eigenvalue weighted by molar-refractivity contribution is -0.132. The first kappa shape index (κ1) is 13.9. The highest BCUT2D eigenvalue weighted by molar-refractivity contribution is 6.07. The number of urea groups is 1. The maximum atomic E-state index is 12.6. The number of amides is 3. The maximum absolute atomic E-state index is 12.6. The summed E-state index contributed by atoms with van der Waals surface area (Å²) in [6, 6.07) is 7.09. The molecular formula is C15H19N3O3. The van der Waals surface area contributed by atoms with Crippen molar-refractivity contribution in [2.75, 3.05) is 20.2 Å². The summed E-state index contributed by atoms with van der Waals surface area (Å²) in [6.45, 7) is 1.66. The van der Waals surface area contributed by atoms with E-state index in [1.165, 1.54) is 4.90 Å². The molecule has 112 valence electrons. The summed E-state index contributed by atoms with van der Waals surface area (Å²) in [7, 11) is 1.59. The van der Waals surface area contributed by atoms with Crippen LogP contribution in [0.3, 0.4) is 0 Å². The molecule has 21 heavy (non-hydrogen) atoms. The lowest BCUT2D eigenvalue weighted by atomic mass is 9.90. The molecule has 1 atom stereocenters. The Morgan fingerprint density at radius 3 is 2.95 bits per heavy atom. The van der Waals surface area contributed by atoms with Gasteiger partial charge in [0, 0.05) is 6.54 Å². The van der Waals surface area contributed by atoms with Gasteiger partial charge in [0.05, 0.1) is 13.7 Å². The monoisotopic (exact) mass is 289 g/mol. The molecule has 0 radical (unpaired) electrons. The smallest absolute Gasteiger partial charge is 0.325 e. The minimum absolute atomic E-state index is 0.137. The fourth-order valence-corrected chi connectivity index (χ4v) is 2.97. The Morgan fingerprint density at radius 1 is 1.38 bits per heavy atom. The predicted octanol–water partition coefficient (Wildman–Crippen LogP) is 0.869. The van der Waals surface area contributed by atoms with Gasteiger partial charge in [-0.15, -0.1) is 0 Å². The van der Waals surface area contributed by atoms with Crippen LogP contribution in [0.2, 0.25) is 0 Å². The van der Waals surface area contributed by atoms with E-state index in [1.807, 2.05) is 24.3 Å². The molecule has 0 saturated carbocycles. The molecule has 2 N–H and O–H groups in total. The molecule has 0 bridgehead atoms. The van der Waals surface area contributed by atoms with Gasteiger partial charge in [0.1, 0.15) is 11.3 Å². The highest BCUT2D eigenvalue weighted by Crippen LogP contribution is 2.26. The third-order valence-electron chi connectivity index (χ3n) is 4.10. The number of hydrogen-bond donors (Lipinski definition) is 2. The van der Waals surface area contributed by atoms with Gasteiger partial charge in [-0.05, 0) is 37.1 Å². The molecule has 0 aromatic heterocycles. The van der Waals surface area contributed by atoms with Crippen LogP contribution in [0.5, 0.6) is 5.75 Å². The van der Waals surface area contributed by atoms with Crippen LogP contribution in [0.1, 0.15) is 18.4 Å². The highest BCUT2D eigenvalue weighted by Gasteiger charge is 2.51. The third kappa shape index (κ3) is 2.47. The first-order chi connectivity index (χ1) is 10.1. The lowest BCUT2D eigenvalue weighted by Crippen LogP contribution is -2.57. The third-order valence-corrected chi connectivity index (χ3v) is 4.10. The number of carbonyl (C=O) groups is 2. The Morgan fingerprint density at radius 2 is 2.24 bits per heavy atom. The fourth-order valence-electron chi connectivity index (χ4n) is 2.97. The molecule has 3 amide bonds. The second-order valence-electron chi connectivity index (χ2n) is 5.54. The van der Waals surface area contributed by atoms with Crippen molar-refractivity contribution in [1.29, 1.82) is 0 Å². The van der Waals surface area contributed by atoms with Crippen LogP contribution >= 0.6 is 0 Å². The van der Waals surface area contributed by atoms with Crippen molar-refractivity contribution in [3.05, 3.63) is 29.8 Å². The minimum Gasteiger partial charge on any atom is -0.497 e. The van der Waals surface area contributed by atoms with Gasteiger partial charge in [-0.1, -0.05) is 12.1 Å². The van der Waals surface area contributed by atoms with E-state index in [-0.39, 0.29) is 18.5 Å². The molecular weight excluding hydrogens is 270 g/mol. The summed E-state index contributed by atoms with van der Waals surface area (Å²) in [6.07, 6.45) is 1.58. The fraction of sp³-hybridized carbons (Fsp3) is 0.467. The molecule has 3 rings (SSSR count). The van der Waals surface area contributed by atoms with Gasteiger partial charge in [-0.25, -0.2) is 4.79 Å². The number of ether oxygens (including phenoxy) is 1. The van der Waals surface area contributed by atoms with Crippen molar-refractivity contribution in [2.24, 2.45) is 0 Å². The van der Waals surface area contributed by atoms with Crippen molar-refractivity contribution >= 4 is 11.9 Å². The summed E-state index contributed by atoms with van der Waals surface area (Å²) in [5, 5.41) is 6.05. The van der Waals surface area contributed by atoms with E-state index in [0.717, 1.165) is 18.5 Å². The van der Waals surface area contributed by atoms with E-state index in [2.05, 4.69) is 10.6 Å². The van der Waals surface area contributed by atoms with E-state index in [1.54, 1.807) is 7.11 Å². The molecule has 2 fully saturated rings. The summed E-state index contributed by atoms with van der Waals surface area (Å²) < 4.78 is 5.17. The van der Waals surface area contributed by atoms with Crippen molar-refractivity contribution < 1.29 is 14.3 Å². The van der Waals surface area contributed by atoms with Crippen LogP contribution in [0, 0.1) is 0 Å². The second-order valence-corrected chi connectivity index (χ2v) is 5.54. The minimum atomic E-state index is -0.756. The van der Waals surface area contributed by atoms with Crippen molar-refractivity contribution in [2.45, 2.75) is 24.9 Å². The number of piperidine rings is 1. The lowest BCUT2D eigenvalue weighted by Gasteiger charge is -2.31. The number of nitrogens with zero attached hydrogens (tertiary/aromatic N) is 1. The first-order valence-electron chi connectivity index (χ1n) is 7.12. The molecule has 1 spiro atoms. The number of benzene rings is 1. The molecule has 1 unspecified atom stereocenters. The number of imide groups is 1. The Kier molecular flexibility index (Phi) is 3.55. The Bertz CT molecular complexity index is 567. The van der Waals surface area contributed by atoms with Gasteiger partial charge in [0.25, 0.3) is 5.91 Å². The van der Waals surface area contributed by atoms with Gasteiger partial charge < -0.3 is 15.4 Å². The number of rotatable bonds is 3. The number of carbonyl (C=O) groups excluding carboxylic acids is 2. The van der Waals surface area contributed by atoms with E-state index in [0.29, 0.717) is 18.7 Å². The highest BCUT2D eigenvalue weighted by atomic mass is 16.5. The zero-order valence-corrected chi connectivity index (χ0v) is 12.0. The van der Waals surface area contributed by atoms with Crippen LogP contribution in [-0.4, -0.2) is 42.6 Å². The Hall–Kier alpha value is -2.08. The van der Waals surface area contributed by atoms with Gasteiger partial charge in [-0.2, -0.15) is 0 Å². The zero-order valence-electron chi connectivity index (χ0n) is 12.0. The molecule has 2 aliphatic rings. The van der Waals surface area contributed by atoms with Gasteiger partial charge >= 0.3 is 6.03 Å². The molecule has 2 heterocycles. The quantitative estimate of drug-likeness (QED) is 0.810. The predicted molar refractivity (Wildman–Crippen MR) is 76.9 cm³/mol. The summed E-state index contributed by atoms with van der Waals surface area (Å²) in [4.78, 5) is 26.1. The van der Waals surface area contributed by atoms with Crippen LogP contribution in [0.4, 0.5) is 4.79 Å². The van der Waals surface area contributed by atoms with Gasteiger partial charge in [0.15, 0.2) is 0 Å². The average Bonchev–Trinajstić information content (AvgIpc) is 2.73. The molecule has 6 nitrogen and oxygen atoms in total. The SMILES string of the molecule is COc1cccc(CN2C(=O)NC3(CCCNC3)C2=O)c1. The van der Waals surface area contributed by atoms with E-state index < -0.39 is 5.54 Å². The van der Waals surface area contributed by atoms with E-state index in [9.17, 15) is 9.59 Å². The topological polar surface area (TPSA) is 70.7 Å². The van der Waals surface area contributed by atoms with E-state index in [4.69, 9.17) is 4.74 Å². The molecule has 2 saturated heterocycles. The first-order valence-corrected chi connectivity index (χ1v) is 7.12. The Labute approximate surface area is 123 Å². The summed E-state index contributed by atoms with van der Waals surface area (Å²) in [5.41, 5.74) is 0.118. The molecule has 1 aromatic rings. The van der Waals surface area contributed by atoms with Gasteiger partial charge in [-0.3, -0.25) is 9.69 Å². The van der Waals surface area contributed by atoms with E-state index >= 15 is 0 Å². The average molecular weight is 289 g/mol. The van der Waals surface area contributed by atoms with Crippen LogP contribution in [-0.2, 0) is 11.3 Å². The zero-order chi connectivity index (χ0) is 14.9. The molecule has 6 heteroatoms. The molecule has 1 aromatic carbocycles. The largest absolute Gasteiger partial charge is 0.497 e. The van der Waals surface area contributed by atoms with Crippen molar-refractivity contribution in [3.63, 3.8) is 0 Å². The van der Waals surface area contributed by atoms with Gasteiger partial charge in [0.2, 0.25) is 0 Å². The van der Waals surface area contributed by atoms with Crippen molar-refractivity contribution in [3.8, 4) is 5.75 Å². The molecule has 2 aliphatic heterocycles. The summed E-state index contributed by atoms with van der Waals surface area (Å²) in [5.74, 6) is 0.580.